The van der Waals surface area contributed by atoms with E-state index in [-0.39, 0.29) is 11.5 Å². The molecule has 1 aromatic rings. The molecule has 1 atom stereocenters. The van der Waals surface area contributed by atoms with Gasteiger partial charge in [-0.1, -0.05) is 6.92 Å². The summed E-state index contributed by atoms with van der Waals surface area (Å²) in [5.74, 6) is 0. The molecule has 2 rings (SSSR count). The van der Waals surface area contributed by atoms with Crippen LogP contribution in [0, 0.1) is 5.41 Å². The maximum absolute atomic E-state index is 9.95. The van der Waals surface area contributed by atoms with E-state index in [1.807, 2.05) is 10.8 Å². The molecule has 0 spiro atoms. The molecule has 1 saturated carbocycles. The Bertz CT molecular complexity index is 302. The van der Waals surface area contributed by atoms with Crippen LogP contribution in [0.1, 0.15) is 38.5 Å². The van der Waals surface area contributed by atoms with Gasteiger partial charge in [-0.15, -0.1) is 0 Å². The normalized spacial score (nSPS) is 21.5. The van der Waals surface area contributed by atoms with Crippen LogP contribution in [0.15, 0.2) is 12.5 Å². The molecule has 1 aromatic heterocycles. The van der Waals surface area contributed by atoms with Crippen LogP contribution in [0.4, 0.5) is 0 Å². The number of hydrogen-bond donors (Lipinski definition) is 1. The first-order chi connectivity index (χ1) is 6.15. The first-order valence-electron chi connectivity index (χ1n) is 4.85. The van der Waals surface area contributed by atoms with Crippen molar-refractivity contribution in [3.8, 4) is 0 Å². The lowest BCUT2D eigenvalue weighted by atomic mass is 10.00. The smallest absolute Gasteiger partial charge is 0.103 e. The standard InChI is InChI=1S/C10H16N2O/c1-3-12-6-8(11-7-12)9(13)10(2)4-5-10/h6-7,9,13H,3-5H2,1-2H3. The number of rotatable bonds is 3. The van der Waals surface area contributed by atoms with Gasteiger partial charge in [-0.3, -0.25) is 0 Å². The fourth-order valence-electron chi connectivity index (χ4n) is 1.52. The van der Waals surface area contributed by atoms with Crippen molar-refractivity contribution in [3.63, 3.8) is 0 Å². The highest BCUT2D eigenvalue weighted by molar-refractivity contribution is 5.10. The molecule has 13 heavy (non-hydrogen) atoms. The monoisotopic (exact) mass is 180 g/mol. The summed E-state index contributed by atoms with van der Waals surface area (Å²) in [5.41, 5.74) is 0.925. The summed E-state index contributed by atoms with van der Waals surface area (Å²) in [6.45, 7) is 5.09. The molecule has 3 heteroatoms. The van der Waals surface area contributed by atoms with Crippen molar-refractivity contribution < 1.29 is 5.11 Å². The zero-order valence-corrected chi connectivity index (χ0v) is 8.20. The highest BCUT2D eigenvalue weighted by Gasteiger charge is 2.45. The van der Waals surface area contributed by atoms with Crippen molar-refractivity contribution in [2.24, 2.45) is 5.41 Å². The molecule has 3 nitrogen and oxygen atoms in total. The van der Waals surface area contributed by atoms with Gasteiger partial charge >= 0.3 is 0 Å². The average Bonchev–Trinajstić information content (AvgIpc) is 2.71. The second kappa shape index (κ2) is 2.84. The Morgan fingerprint density at radius 3 is 2.85 bits per heavy atom. The Balaban J connectivity index is 2.15. The van der Waals surface area contributed by atoms with Crippen LogP contribution < -0.4 is 0 Å². The lowest BCUT2D eigenvalue weighted by Crippen LogP contribution is -2.09. The van der Waals surface area contributed by atoms with Crippen molar-refractivity contribution >= 4 is 0 Å². The number of aryl methyl sites for hydroxylation is 1. The zero-order chi connectivity index (χ0) is 9.47. The minimum atomic E-state index is -0.375. The van der Waals surface area contributed by atoms with Gasteiger partial charge in [0.2, 0.25) is 0 Å². The minimum Gasteiger partial charge on any atom is -0.386 e. The Labute approximate surface area is 78.4 Å². The van der Waals surface area contributed by atoms with Gasteiger partial charge in [-0.2, -0.15) is 0 Å². The summed E-state index contributed by atoms with van der Waals surface area (Å²) in [4.78, 5) is 4.21. The van der Waals surface area contributed by atoms with E-state index < -0.39 is 0 Å². The fourth-order valence-corrected chi connectivity index (χ4v) is 1.52. The molecule has 0 bridgehead atoms. The summed E-state index contributed by atoms with van der Waals surface area (Å²) in [5, 5.41) is 9.95. The van der Waals surface area contributed by atoms with Crippen molar-refractivity contribution in [2.75, 3.05) is 0 Å². The molecule has 0 aliphatic heterocycles. The third kappa shape index (κ3) is 1.48. The SMILES string of the molecule is CCn1cnc(C(O)C2(C)CC2)c1. The van der Waals surface area contributed by atoms with Crippen LogP contribution >= 0.6 is 0 Å². The van der Waals surface area contributed by atoms with Crippen molar-refractivity contribution in [1.82, 2.24) is 9.55 Å². The van der Waals surface area contributed by atoms with Gasteiger partial charge in [0.05, 0.1) is 12.0 Å². The van der Waals surface area contributed by atoms with Crippen LogP contribution in [-0.4, -0.2) is 14.7 Å². The molecule has 1 unspecified atom stereocenters. The fraction of sp³-hybridized carbons (Fsp3) is 0.700. The molecular weight excluding hydrogens is 164 g/mol. The molecule has 1 N–H and O–H groups in total. The number of aliphatic hydroxyl groups excluding tert-OH is 1. The third-order valence-corrected chi connectivity index (χ3v) is 3.00. The lowest BCUT2D eigenvalue weighted by Gasteiger charge is -2.14. The Morgan fingerprint density at radius 2 is 2.38 bits per heavy atom. The van der Waals surface area contributed by atoms with Crippen LogP contribution in [0.3, 0.4) is 0 Å². The van der Waals surface area contributed by atoms with Crippen LogP contribution in [-0.2, 0) is 6.54 Å². The van der Waals surface area contributed by atoms with Gasteiger partial charge in [0, 0.05) is 12.7 Å². The quantitative estimate of drug-likeness (QED) is 0.769. The molecule has 1 aliphatic carbocycles. The van der Waals surface area contributed by atoms with E-state index in [2.05, 4.69) is 18.8 Å². The molecule has 72 valence electrons. The highest BCUT2D eigenvalue weighted by Crippen LogP contribution is 2.53. The largest absolute Gasteiger partial charge is 0.386 e. The molecule has 1 aliphatic rings. The third-order valence-electron chi connectivity index (χ3n) is 3.00. The van der Waals surface area contributed by atoms with E-state index in [1.54, 1.807) is 6.33 Å². The summed E-state index contributed by atoms with van der Waals surface area (Å²) >= 11 is 0. The first-order valence-corrected chi connectivity index (χ1v) is 4.85. The Morgan fingerprint density at radius 1 is 1.69 bits per heavy atom. The predicted molar refractivity (Wildman–Crippen MR) is 50.2 cm³/mol. The van der Waals surface area contributed by atoms with Gasteiger partial charge < -0.3 is 9.67 Å². The Hall–Kier alpha value is -0.830. The van der Waals surface area contributed by atoms with Crippen LogP contribution in [0.25, 0.3) is 0 Å². The Kier molecular flexibility index (Phi) is 1.91. The summed E-state index contributed by atoms with van der Waals surface area (Å²) in [6, 6.07) is 0. The van der Waals surface area contributed by atoms with Crippen molar-refractivity contribution in [3.05, 3.63) is 18.2 Å². The van der Waals surface area contributed by atoms with E-state index in [4.69, 9.17) is 0 Å². The summed E-state index contributed by atoms with van der Waals surface area (Å²) in [6.07, 6.45) is 5.58. The predicted octanol–water partition coefficient (Wildman–Crippen LogP) is 1.74. The van der Waals surface area contributed by atoms with E-state index >= 15 is 0 Å². The molecule has 0 saturated heterocycles. The van der Waals surface area contributed by atoms with Gasteiger partial charge in [-0.05, 0) is 25.2 Å². The maximum Gasteiger partial charge on any atom is 0.103 e. The second-order valence-electron chi connectivity index (χ2n) is 4.19. The van der Waals surface area contributed by atoms with Crippen LogP contribution in [0.2, 0.25) is 0 Å². The van der Waals surface area contributed by atoms with Gasteiger partial charge in [-0.25, -0.2) is 4.98 Å². The zero-order valence-electron chi connectivity index (χ0n) is 8.20. The van der Waals surface area contributed by atoms with E-state index in [0.717, 1.165) is 25.1 Å². The number of aliphatic hydroxyl groups is 1. The lowest BCUT2D eigenvalue weighted by molar-refractivity contribution is 0.0997. The molecule has 1 heterocycles. The first kappa shape index (κ1) is 8.75. The molecule has 0 amide bonds. The minimum absolute atomic E-state index is 0.104. The molecular formula is C10H16N2O. The van der Waals surface area contributed by atoms with Crippen molar-refractivity contribution in [2.45, 2.75) is 39.3 Å². The maximum atomic E-state index is 9.95. The average molecular weight is 180 g/mol. The van der Waals surface area contributed by atoms with E-state index in [0.29, 0.717) is 0 Å². The topological polar surface area (TPSA) is 38.0 Å². The molecule has 0 radical (unpaired) electrons. The van der Waals surface area contributed by atoms with Crippen molar-refractivity contribution in [1.29, 1.82) is 0 Å². The van der Waals surface area contributed by atoms with Gasteiger partial charge in [0.15, 0.2) is 0 Å². The van der Waals surface area contributed by atoms with E-state index in [9.17, 15) is 5.11 Å². The number of imidazole rings is 1. The van der Waals surface area contributed by atoms with Gasteiger partial charge in [0.1, 0.15) is 6.10 Å². The van der Waals surface area contributed by atoms with Crippen LogP contribution in [0.5, 0.6) is 0 Å². The second-order valence-corrected chi connectivity index (χ2v) is 4.19. The summed E-state index contributed by atoms with van der Waals surface area (Å²) in [7, 11) is 0. The molecule has 0 aromatic carbocycles. The van der Waals surface area contributed by atoms with E-state index in [1.165, 1.54) is 0 Å². The molecule has 1 fully saturated rings. The number of aromatic nitrogens is 2. The summed E-state index contributed by atoms with van der Waals surface area (Å²) < 4.78 is 1.99. The van der Waals surface area contributed by atoms with Gasteiger partial charge in [0.25, 0.3) is 0 Å². The highest BCUT2D eigenvalue weighted by atomic mass is 16.3. The number of hydrogen-bond acceptors (Lipinski definition) is 2. The number of nitrogens with zero attached hydrogens (tertiary/aromatic N) is 2.